The zero-order chi connectivity index (χ0) is 16.4. The summed E-state index contributed by atoms with van der Waals surface area (Å²) in [4.78, 5) is 25.3. The molecule has 1 aliphatic heterocycles. The molecule has 24 heavy (non-hydrogen) atoms. The number of likely N-dealkylation sites (tertiary alicyclic amines) is 1. The highest BCUT2D eigenvalue weighted by molar-refractivity contribution is 5.85. The number of hydrogen-bond donors (Lipinski definition) is 1. The quantitative estimate of drug-likeness (QED) is 0.903. The van der Waals surface area contributed by atoms with E-state index in [0.29, 0.717) is 25.9 Å². The van der Waals surface area contributed by atoms with E-state index < -0.39 is 11.9 Å². The third kappa shape index (κ3) is 3.83. The van der Waals surface area contributed by atoms with Crippen LogP contribution in [0, 0.1) is 5.92 Å². The molecule has 1 aromatic rings. The smallest absolute Gasteiger partial charge is 0.308 e. The zero-order valence-electron chi connectivity index (χ0n) is 13.9. The van der Waals surface area contributed by atoms with Crippen molar-refractivity contribution in [1.29, 1.82) is 0 Å². The Morgan fingerprint density at radius 2 is 2.12 bits per heavy atom. The van der Waals surface area contributed by atoms with Crippen molar-refractivity contribution in [3.8, 4) is 5.75 Å². The summed E-state index contributed by atoms with van der Waals surface area (Å²) in [6.07, 6.45) is 4.17. The Balaban J connectivity index is 0.00000208. The van der Waals surface area contributed by atoms with Gasteiger partial charge in [-0.1, -0.05) is 6.07 Å². The molecule has 0 bridgehead atoms. The lowest BCUT2D eigenvalue weighted by molar-refractivity contribution is -0.141. The Bertz CT molecular complexity index is 619. The van der Waals surface area contributed by atoms with Crippen molar-refractivity contribution in [2.24, 2.45) is 5.92 Å². The molecule has 1 fully saturated rings. The maximum atomic E-state index is 12.5. The average Bonchev–Trinajstić information content (AvgIpc) is 3.05. The van der Waals surface area contributed by atoms with Crippen molar-refractivity contribution in [2.45, 2.75) is 38.0 Å². The van der Waals surface area contributed by atoms with Gasteiger partial charge in [0.1, 0.15) is 5.75 Å². The van der Waals surface area contributed by atoms with Crippen molar-refractivity contribution in [3.63, 3.8) is 0 Å². The molecule has 2 aliphatic rings. The van der Waals surface area contributed by atoms with Gasteiger partial charge in [0.25, 0.3) is 0 Å². The lowest BCUT2D eigenvalue weighted by atomic mass is 9.80. The molecule has 1 aliphatic carbocycles. The van der Waals surface area contributed by atoms with Crippen LogP contribution in [0.2, 0.25) is 0 Å². The van der Waals surface area contributed by atoms with E-state index in [2.05, 4.69) is 12.1 Å². The molecule has 0 aromatic heterocycles. The summed E-state index contributed by atoms with van der Waals surface area (Å²) in [5.41, 5.74) is 2.53. The van der Waals surface area contributed by atoms with Gasteiger partial charge in [-0.3, -0.25) is 9.59 Å². The van der Waals surface area contributed by atoms with E-state index in [-0.39, 0.29) is 24.2 Å². The number of aryl methyl sites for hydroxylation is 1. The highest BCUT2D eigenvalue weighted by atomic mass is 35.5. The number of benzene rings is 1. The molecule has 2 unspecified atom stereocenters. The standard InChI is InChI=1S/C18H23NO4.ClH/c1-23-15-5-6-16-12(9-15)3-2-4-13(16)10-17(20)19-8-7-14(11-19)18(21)22;/h5-6,9,13-14H,2-4,7-8,10-11H2,1H3,(H,21,22);1H. The number of carboxylic acids is 1. The molecule has 5 nitrogen and oxygen atoms in total. The molecule has 0 radical (unpaired) electrons. The summed E-state index contributed by atoms with van der Waals surface area (Å²) in [6.45, 7) is 0.925. The topological polar surface area (TPSA) is 66.8 Å². The fourth-order valence-corrected chi connectivity index (χ4v) is 3.76. The van der Waals surface area contributed by atoms with Crippen molar-refractivity contribution in [3.05, 3.63) is 29.3 Å². The second kappa shape index (κ2) is 7.88. The molecule has 3 rings (SSSR count). The lowest BCUT2D eigenvalue weighted by Crippen LogP contribution is -2.31. The van der Waals surface area contributed by atoms with Gasteiger partial charge in [0.05, 0.1) is 13.0 Å². The first-order valence-electron chi connectivity index (χ1n) is 8.26. The number of rotatable bonds is 4. The summed E-state index contributed by atoms with van der Waals surface area (Å²) in [6, 6.07) is 6.11. The molecule has 0 spiro atoms. The molecule has 1 heterocycles. The van der Waals surface area contributed by atoms with Crippen LogP contribution in [0.1, 0.15) is 42.7 Å². The monoisotopic (exact) mass is 353 g/mol. The number of halogens is 1. The maximum Gasteiger partial charge on any atom is 0.308 e. The highest BCUT2D eigenvalue weighted by Crippen LogP contribution is 2.36. The highest BCUT2D eigenvalue weighted by Gasteiger charge is 2.32. The molecule has 1 saturated heterocycles. The zero-order valence-corrected chi connectivity index (χ0v) is 14.7. The molecule has 6 heteroatoms. The number of ether oxygens (including phenoxy) is 1. The Hall–Kier alpha value is -1.75. The van der Waals surface area contributed by atoms with Crippen molar-refractivity contribution in [2.75, 3.05) is 20.2 Å². The summed E-state index contributed by atoms with van der Waals surface area (Å²) in [7, 11) is 1.66. The second-order valence-electron chi connectivity index (χ2n) is 6.52. The second-order valence-corrected chi connectivity index (χ2v) is 6.52. The van der Waals surface area contributed by atoms with Gasteiger partial charge in [0, 0.05) is 19.5 Å². The molecule has 2 atom stereocenters. The van der Waals surface area contributed by atoms with Crippen molar-refractivity contribution < 1.29 is 19.4 Å². The van der Waals surface area contributed by atoms with Crippen molar-refractivity contribution >= 4 is 24.3 Å². The van der Waals surface area contributed by atoms with E-state index in [9.17, 15) is 9.59 Å². The summed E-state index contributed by atoms with van der Waals surface area (Å²) >= 11 is 0. The summed E-state index contributed by atoms with van der Waals surface area (Å²) < 4.78 is 5.28. The lowest BCUT2D eigenvalue weighted by Gasteiger charge is -2.27. The van der Waals surface area contributed by atoms with Gasteiger partial charge in [-0.2, -0.15) is 0 Å². The molecule has 132 valence electrons. The van der Waals surface area contributed by atoms with Gasteiger partial charge in [0.15, 0.2) is 0 Å². The predicted molar refractivity (Wildman–Crippen MR) is 92.9 cm³/mol. The van der Waals surface area contributed by atoms with E-state index in [1.165, 1.54) is 11.1 Å². The van der Waals surface area contributed by atoms with E-state index >= 15 is 0 Å². The minimum Gasteiger partial charge on any atom is -0.497 e. The third-order valence-corrected chi connectivity index (χ3v) is 5.10. The van der Waals surface area contributed by atoms with Crippen LogP contribution in [-0.4, -0.2) is 42.1 Å². The van der Waals surface area contributed by atoms with Crippen LogP contribution in [-0.2, 0) is 16.0 Å². The van der Waals surface area contributed by atoms with Gasteiger partial charge in [-0.05, 0) is 54.9 Å². The van der Waals surface area contributed by atoms with Crippen LogP contribution in [0.25, 0.3) is 0 Å². The molecule has 1 N–H and O–H groups in total. The van der Waals surface area contributed by atoms with Gasteiger partial charge >= 0.3 is 5.97 Å². The number of aliphatic carboxylic acids is 1. The fraction of sp³-hybridized carbons (Fsp3) is 0.556. The van der Waals surface area contributed by atoms with Crippen LogP contribution in [0.5, 0.6) is 5.75 Å². The van der Waals surface area contributed by atoms with Crippen LogP contribution in [0.3, 0.4) is 0 Å². The first-order chi connectivity index (χ1) is 11.1. The maximum absolute atomic E-state index is 12.5. The molecule has 0 saturated carbocycles. The number of carbonyl (C=O) groups is 2. The SMILES string of the molecule is COc1ccc2c(c1)CCCC2CC(=O)N1CCC(C(=O)O)C1.Cl. The van der Waals surface area contributed by atoms with Crippen LogP contribution >= 0.6 is 12.4 Å². The Morgan fingerprint density at radius 1 is 1.33 bits per heavy atom. The van der Waals surface area contributed by atoms with Gasteiger partial charge < -0.3 is 14.7 Å². The summed E-state index contributed by atoms with van der Waals surface area (Å²) in [5, 5.41) is 9.06. The van der Waals surface area contributed by atoms with E-state index in [1.807, 2.05) is 6.07 Å². The first kappa shape index (κ1) is 18.6. The minimum atomic E-state index is -0.796. The number of hydrogen-bond acceptors (Lipinski definition) is 3. The number of fused-ring (bicyclic) bond motifs is 1. The van der Waals surface area contributed by atoms with Crippen LogP contribution in [0.4, 0.5) is 0 Å². The van der Waals surface area contributed by atoms with Crippen LogP contribution < -0.4 is 4.74 Å². The van der Waals surface area contributed by atoms with Gasteiger partial charge in [0.2, 0.25) is 5.91 Å². The first-order valence-corrected chi connectivity index (χ1v) is 8.26. The molecular formula is C18H24ClNO4. The largest absolute Gasteiger partial charge is 0.497 e. The van der Waals surface area contributed by atoms with Gasteiger partial charge in [-0.15, -0.1) is 12.4 Å². The molecular weight excluding hydrogens is 330 g/mol. The molecule has 1 aromatic carbocycles. The van der Waals surface area contributed by atoms with E-state index in [1.54, 1.807) is 12.0 Å². The number of methoxy groups -OCH3 is 1. The normalized spacial score (nSPS) is 22.5. The van der Waals surface area contributed by atoms with Crippen LogP contribution in [0.15, 0.2) is 18.2 Å². The van der Waals surface area contributed by atoms with E-state index in [0.717, 1.165) is 25.0 Å². The predicted octanol–water partition coefficient (Wildman–Crippen LogP) is 2.86. The number of carboxylic acid groups (broad SMARTS) is 1. The number of nitrogens with zero attached hydrogens (tertiary/aromatic N) is 1. The fourth-order valence-electron chi connectivity index (χ4n) is 3.76. The number of carbonyl (C=O) groups excluding carboxylic acids is 1. The Labute approximate surface area is 148 Å². The molecule has 1 amide bonds. The Morgan fingerprint density at radius 3 is 2.79 bits per heavy atom. The minimum absolute atomic E-state index is 0. The van der Waals surface area contributed by atoms with Crippen molar-refractivity contribution in [1.82, 2.24) is 4.90 Å². The average molecular weight is 354 g/mol. The van der Waals surface area contributed by atoms with Gasteiger partial charge in [-0.25, -0.2) is 0 Å². The van der Waals surface area contributed by atoms with E-state index in [4.69, 9.17) is 9.84 Å². The third-order valence-electron chi connectivity index (χ3n) is 5.10. The Kier molecular flexibility index (Phi) is 6.10. The summed E-state index contributed by atoms with van der Waals surface area (Å²) in [5.74, 6) is -0.0136. The number of amides is 1.